The van der Waals surface area contributed by atoms with Crippen LogP contribution in [0.3, 0.4) is 0 Å². The minimum atomic E-state index is -2.98. The minimum absolute atomic E-state index is 0.234. The van der Waals surface area contributed by atoms with Crippen molar-refractivity contribution in [2.75, 3.05) is 19.5 Å². The summed E-state index contributed by atoms with van der Waals surface area (Å²) in [7, 11) is 3.15. The number of oxazole rings is 1. The number of halogens is 3. The average Bonchev–Trinajstić information content (AvgIpc) is 3.23. The zero-order chi connectivity index (χ0) is 22.7. The van der Waals surface area contributed by atoms with Crippen molar-refractivity contribution in [2.45, 2.75) is 13.2 Å². The fourth-order valence-electron chi connectivity index (χ4n) is 3.03. The lowest BCUT2D eigenvalue weighted by molar-refractivity contribution is -0.0530. The van der Waals surface area contributed by atoms with Crippen LogP contribution in [0.5, 0.6) is 17.4 Å². The maximum Gasteiger partial charge on any atom is 0.388 e. The molecule has 166 valence electrons. The summed E-state index contributed by atoms with van der Waals surface area (Å²) in [6, 6.07) is 9.02. The van der Waals surface area contributed by atoms with E-state index in [0.29, 0.717) is 45.4 Å². The van der Waals surface area contributed by atoms with Crippen molar-refractivity contribution in [1.82, 2.24) is 15.0 Å². The third-order valence-corrected chi connectivity index (χ3v) is 4.84. The Morgan fingerprint density at radius 3 is 2.62 bits per heavy atom. The highest BCUT2D eigenvalue weighted by Gasteiger charge is 2.17. The summed E-state index contributed by atoms with van der Waals surface area (Å²) in [5.41, 5.74) is 2.58. The molecule has 0 spiro atoms. The molecule has 0 bridgehead atoms. The maximum absolute atomic E-state index is 12.3. The summed E-state index contributed by atoms with van der Waals surface area (Å²) >= 11 is 6.29. The molecule has 0 unspecified atom stereocenters. The highest BCUT2D eigenvalue weighted by molar-refractivity contribution is 6.35. The van der Waals surface area contributed by atoms with Crippen LogP contribution in [0.2, 0.25) is 5.02 Å². The lowest BCUT2D eigenvalue weighted by atomic mass is 10.1. The maximum atomic E-state index is 12.3. The normalized spacial score (nSPS) is 11.1. The zero-order valence-electron chi connectivity index (χ0n) is 16.9. The molecule has 1 N–H and O–H groups in total. The number of alkyl halides is 2. The van der Waals surface area contributed by atoms with E-state index in [4.69, 9.17) is 25.5 Å². The second-order valence-corrected chi connectivity index (χ2v) is 6.85. The number of rotatable bonds is 8. The van der Waals surface area contributed by atoms with Gasteiger partial charge in [0.15, 0.2) is 5.58 Å². The number of aromatic nitrogens is 3. The molecule has 2 heterocycles. The largest absolute Gasteiger partial charge is 0.497 e. The molecule has 0 radical (unpaired) electrons. The fourth-order valence-corrected chi connectivity index (χ4v) is 3.22. The number of methoxy groups -OCH3 is 2. The number of anilines is 1. The molecule has 2 aromatic heterocycles. The first-order chi connectivity index (χ1) is 15.5. The standard InChI is InChI=1S/C21H17ClF2N4O4/c1-29-12-4-3-11(16(7-12)30-2)8-27-21-28-18-14(22)6-5-13(19(18)32-21)15-9-26-17(10-25-15)31-20(23)24/h3-7,9-10,20H,8H2,1-2H3,(H,27,28). The van der Waals surface area contributed by atoms with Crippen LogP contribution in [0.4, 0.5) is 14.8 Å². The summed E-state index contributed by atoms with van der Waals surface area (Å²) in [6.45, 7) is -2.61. The van der Waals surface area contributed by atoms with Crippen LogP contribution < -0.4 is 19.5 Å². The molecule has 0 atom stereocenters. The number of nitrogens with zero attached hydrogens (tertiary/aromatic N) is 3. The Morgan fingerprint density at radius 2 is 1.94 bits per heavy atom. The third-order valence-electron chi connectivity index (χ3n) is 4.53. The van der Waals surface area contributed by atoms with Crippen molar-refractivity contribution in [2.24, 2.45) is 0 Å². The first kappa shape index (κ1) is 21.6. The Hall–Kier alpha value is -3.66. The molecule has 0 saturated carbocycles. The minimum Gasteiger partial charge on any atom is -0.497 e. The van der Waals surface area contributed by atoms with Gasteiger partial charge in [0.2, 0.25) is 5.88 Å². The van der Waals surface area contributed by atoms with Crippen molar-refractivity contribution >= 4 is 28.7 Å². The lowest BCUT2D eigenvalue weighted by Crippen LogP contribution is -2.03. The molecule has 0 aliphatic heterocycles. The van der Waals surface area contributed by atoms with E-state index >= 15 is 0 Å². The predicted octanol–water partition coefficient (Wildman–Crippen LogP) is 5.17. The van der Waals surface area contributed by atoms with Crippen LogP contribution in [0.15, 0.2) is 47.1 Å². The molecule has 0 fully saturated rings. The van der Waals surface area contributed by atoms with Gasteiger partial charge < -0.3 is 23.9 Å². The third kappa shape index (κ3) is 4.50. The van der Waals surface area contributed by atoms with Crippen molar-refractivity contribution in [3.05, 3.63) is 53.3 Å². The molecular formula is C21H17ClF2N4O4. The summed E-state index contributed by atoms with van der Waals surface area (Å²) in [5.74, 6) is 1.03. The van der Waals surface area contributed by atoms with E-state index in [9.17, 15) is 8.78 Å². The lowest BCUT2D eigenvalue weighted by Gasteiger charge is -2.10. The van der Waals surface area contributed by atoms with Gasteiger partial charge in [0.1, 0.15) is 17.0 Å². The zero-order valence-corrected chi connectivity index (χ0v) is 17.7. The predicted molar refractivity (Wildman–Crippen MR) is 114 cm³/mol. The molecule has 4 rings (SSSR count). The van der Waals surface area contributed by atoms with Crippen molar-refractivity contribution in [1.29, 1.82) is 0 Å². The summed E-state index contributed by atoms with van der Waals surface area (Å²) < 4.78 is 45.4. The molecule has 0 aliphatic carbocycles. The molecule has 0 amide bonds. The fraction of sp³-hybridized carbons (Fsp3) is 0.190. The van der Waals surface area contributed by atoms with E-state index in [1.807, 2.05) is 12.1 Å². The van der Waals surface area contributed by atoms with Crippen molar-refractivity contribution < 1.29 is 27.4 Å². The molecular weight excluding hydrogens is 446 g/mol. The van der Waals surface area contributed by atoms with E-state index in [0.717, 1.165) is 11.8 Å². The van der Waals surface area contributed by atoms with E-state index in [1.54, 1.807) is 32.4 Å². The van der Waals surface area contributed by atoms with E-state index in [1.165, 1.54) is 6.20 Å². The van der Waals surface area contributed by atoms with Gasteiger partial charge in [-0.2, -0.15) is 13.8 Å². The summed E-state index contributed by atoms with van der Waals surface area (Å²) in [5, 5.41) is 3.49. The average molecular weight is 463 g/mol. The number of fused-ring (bicyclic) bond motifs is 1. The van der Waals surface area contributed by atoms with E-state index in [-0.39, 0.29) is 11.9 Å². The van der Waals surface area contributed by atoms with Crippen LogP contribution in [-0.2, 0) is 6.54 Å². The Kier molecular flexibility index (Phi) is 6.22. The molecule has 4 aromatic rings. The Labute approximate surface area is 186 Å². The van der Waals surface area contributed by atoms with Crippen LogP contribution >= 0.6 is 11.6 Å². The van der Waals surface area contributed by atoms with Gasteiger partial charge in [-0.25, -0.2) is 9.97 Å². The van der Waals surface area contributed by atoms with Gasteiger partial charge in [-0.05, 0) is 24.3 Å². The molecule has 32 heavy (non-hydrogen) atoms. The van der Waals surface area contributed by atoms with Crippen LogP contribution in [0.25, 0.3) is 22.4 Å². The van der Waals surface area contributed by atoms with Gasteiger partial charge >= 0.3 is 6.61 Å². The Bertz CT molecular complexity index is 1230. The van der Waals surface area contributed by atoms with Gasteiger partial charge in [-0.15, -0.1) is 0 Å². The molecule has 0 aliphatic rings. The number of nitrogens with one attached hydrogen (secondary N) is 1. The van der Waals surface area contributed by atoms with E-state index in [2.05, 4.69) is 25.0 Å². The first-order valence-corrected chi connectivity index (χ1v) is 9.67. The van der Waals surface area contributed by atoms with Crippen LogP contribution in [-0.4, -0.2) is 35.8 Å². The molecule has 8 nitrogen and oxygen atoms in total. The van der Waals surface area contributed by atoms with Gasteiger partial charge in [-0.3, -0.25) is 0 Å². The number of hydrogen-bond donors (Lipinski definition) is 1. The monoisotopic (exact) mass is 462 g/mol. The summed E-state index contributed by atoms with van der Waals surface area (Å²) in [4.78, 5) is 12.4. The quantitative estimate of drug-likeness (QED) is 0.383. The van der Waals surface area contributed by atoms with Crippen molar-refractivity contribution in [3.63, 3.8) is 0 Å². The summed E-state index contributed by atoms with van der Waals surface area (Å²) in [6.07, 6.45) is 2.41. The van der Waals surface area contributed by atoms with Gasteiger partial charge in [-0.1, -0.05) is 11.6 Å². The smallest absolute Gasteiger partial charge is 0.388 e. The highest BCUT2D eigenvalue weighted by atomic mass is 35.5. The van der Waals surface area contributed by atoms with Gasteiger partial charge in [0.25, 0.3) is 6.01 Å². The van der Waals surface area contributed by atoms with Gasteiger partial charge in [0.05, 0.1) is 37.3 Å². The SMILES string of the molecule is COc1ccc(CNc2nc3c(Cl)ccc(-c4cnc(OC(F)F)cn4)c3o2)c(OC)c1. The van der Waals surface area contributed by atoms with Crippen LogP contribution in [0.1, 0.15) is 5.56 Å². The number of ether oxygens (including phenoxy) is 3. The van der Waals surface area contributed by atoms with Crippen LogP contribution in [0, 0.1) is 0 Å². The second kappa shape index (κ2) is 9.23. The van der Waals surface area contributed by atoms with E-state index < -0.39 is 6.61 Å². The second-order valence-electron chi connectivity index (χ2n) is 6.44. The molecule has 0 saturated heterocycles. The van der Waals surface area contributed by atoms with Crippen molar-refractivity contribution in [3.8, 4) is 28.6 Å². The molecule has 2 aromatic carbocycles. The Balaban J connectivity index is 1.61. The molecule has 11 heteroatoms. The first-order valence-electron chi connectivity index (χ1n) is 9.29. The highest BCUT2D eigenvalue weighted by Crippen LogP contribution is 2.34. The number of hydrogen-bond acceptors (Lipinski definition) is 8. The topological polar surface area (TPSA) is 91.5 Å². The van der Waals surface area contributed by atoms with Gasteiger partial charge in [0, 0.05) is 23.7 Å². The Morgan fingerprint density at radius 1 is 1.09 bits per heavy atom. The number of benzene rings is 2.